The normalized spacial score (nSPS) is 20.0. The van der Waals surface area contributed by atoms with Gasteiger partial charge in [-0.25, -0.2) is 4.39 Å². The third kappa shape index (κ3) is 8.71. The summed E-state index contributed by atoms with van der Waals surface area (Å²) in [7, 11) is 0. The molecule has 4 nitrogen and oxygen atoms in total. The van der Waals surface area contributed by atoms with Crippen molar-refractivity contribution in [2.75, 3.05) is 44.2 Å². The van der Waals surface area contributed by atoms with E-state index >= 15 is 0 Å². The number of aryl methyl sites for hydroxylation is 1. The lowest BCUT2D eigenvalue weighted by molar-refractivity contribution is -0.124. The van der Waals surface area contributed by atoms with Crippen molar-refractivity contribution in [2.24, 2.45) is 11.8 Å². The van der Waals surface area contributed by atoms with Gasteiger partial charge in [-0.2, -0.15) is 0 Å². The topological polar surface area (TPSA) is 35.6 Å². The molecule has 2 aromatic carbocycles. The summed E-state index contributed by atoms with van der Waals surface area (Å²) < 4.78 is 14.2. The van der Waals surface area contributed by atoms with E-state index in [2.05, 4.69) is 10.2 Å². The summed E-state index contributed by atoms with van der Waals surface area (Å²) in [6.07, 6.45) is 5.82. The van der Waals surface area contributed by atoms with Crippen LogP contribution >= 0.6 is 48.0 Å². The number of amides is 1. The maximum Gasteiger partial charge on any atom is 0.229 e. The van der Waals surface area contributed by atoms with E-state index in [1.54, 1.807) is 11.0 Å². The van der Waals surface area contributed by atoms with Crippen molar-refractivity contribution < 1.29 is 9.18 Å². The van der Waals surface area contributed by atoms with Gasteiger partial charge in [0.2, 0.25) is 5.91 Å². The van der Waals surface area contributed by atoms with E-state index in [1.165, 1.54) is 32.0 Å². The van der Waals surface area contributed by atoms with E-state index in [0.717, 1.165) is 44.5 Å². The molecule has 0 bridgehead atoms. The lowest BCUT2D eigenvalue weighted by atomic mass is 9.85. The molecule has 37 heavy (non-hydrogen) atoms. The Hall–Kier alpha value is -1.08. The van der Waals surface area contributed by atoms with Crippen LogP contribution < -0.4 is 10.2 Å². The second-order valence-electron chi connectivity index (χ2n) is 10.1. The predicted molar refractivity (Wildman–Crippen MR) is 158 cm³/mol. The van der Waals surface area contributed by atoms with Crippen LogP contribution in [-0.2, 0) is 17.6 Å². The standard InChI is InChI=1S/C28H36Cl2FN3O.2ClH/c1-20-15-22(16-23-8-2-3-9-26(23)31)19-34(28(20)35)27-24(29)17-21(18-25(27)30)7-6-10-32-11-14-33-12-4-5-13-33;;/h2-3,8-9,17-18,20,22,32H,4-7,10-16,19H2,1H3;2*1H/t20-,22-;;/m1../s1. The van der Waals surface area contributed by atoms with Crippen LogP contribution in [0.4, 0.5) is 10.1 Å². The molecule has 0 spiro atoms. The quantitative estimate of drug-likeness (QED) is 0.307. The maximum atomic E-state index is 14.2. The summed E-state index contributed by atoms with van der Waals surface area (Å²) in [5.74, 6) is -0.208. The second kappa shape index (κ2) is 15.5. The molecule has 0 saturated carbocycles. The molecule has 2 heterocycles. The minimum Gasteiger partial charge on any atom is -0.315 e. The van der Waals surface area contributed by atoms with Gasteiger partial charge in [-0.05, 0) is 93.4 Å². The van der Waals surface area contributed by atoms with Crippen LogP contribution in [0, 0.1) is 17.7 Å². The summed E-state index contributed by atoms with van der Waals surface area (Å²) >= 11 is 13.4. The smallest absolute Gasteiger partial charge is 0.229 e. The molecule has 2 fully saturated rings. The van der Waals surface area contributed by atoms with E-state index in [4.69, 9.17) is 23.2 Å². The summed E-state index contributed by atoms with van der Waals surface area (Å²) in [5, 5.41) is 4.53. The van der Waals surface area contributed by atoms with E-state index in [0.29, 0.717) is 34.3 Å². The lowest BCUT2D eigenvalue weighted by Crippen LogP contribution is -2.45. The van der Waals surface area contributed by atoms with Crippen LogP contribution in [0.2, 0.25) is 10.0 Å². The van der Waals surface area contributed by atoms with Crippen LogP contribution in [-0.4, -0.2) is 50.1 Å². The fourth-order valence-corrected chi connectivity index (χ4v) is 6.16. The Labute approximate surface area is 243 Å². The van der Waals surface area contributed by atoms with E-state index in [-0.39, 0.29) is 48.4 Å². The highest BCUT2D eigenvalue weighted by atomic mass is 35.5. The minimum absolute atomic E-state index is 0. The third-order valence-electron chi connectivity index (χ3n) is 7.25. The van der Waals surface area contributed by atoms with Crippen molar-refractivity contribution in [3.63, 3.8) is 0 Å². The molecule has 206 valence electrons. The second-order valence-corrected chi connectivity index (χ2v) is 10.9. The van der Waals surface area contributed by atoms with Crippen molar-refractivity contribution in [3.05, 3.63) is 63.4 Å². The van der Waals surface area contributed by atoms with E-state index in [1.807, 2.05) is 31.2 Å². The monoisotopic (exact) mass is 591 g/mol. The number of nitrogens with zero attached hydrogens (tertiary/aromatic N) is 2. The fourth-order valence-electron chi connectivity index (χ4n) is 5.42. The van der Waals surface area contributed by atoms with Gasteiger partial charge >= 0.3 is 0 Å². The molecule has 2 aliphatic rings. The number of benzene rings is 2. The van der Waals surface area contributed by atoms with Gasteiger partial charge in [0.05, 0.1) is 15.7 Å². The molecule has 2 aromatic rings. The molecule has 9 heteroatoms. The highest BCUT2D eigenvalue weighted by Gasteiger charge is 2.34. The number of hydrogen-bond acceptors (Lipinski definition) is 3. The van der Waals surface area contributed by atoms with Crippen molar-refractivity contribution in [3.8, 4) is 0 Å². The number of rotatable bonds is 10. The average Bonchev–Trinajstić information content (AvgIpc) is 3.34. The minimum atomic E-state index is -0.199. The first kappa shape index (κ1) is 32.1. The van der Waals surface area contributed by atoms with Gasteiger partial charge in [-0.3, -0.25) is 4.79 Å². The Morgan fingerprint density at radius 2 is 1.73 bits per heavy atom. The van der Waals surface area contributed by atoms with Crippen LogP contribution in [0.3, 0.4) is 0 Å². The molecule has 0 aromatic heterocycles. The van der Waals surface area contributed by atoms with Gasteiger partial charge in [0, 0.05) is 25.6 Å². The van der Waals surface area contributed by atoms with Gasteiger partial charge in [0.1, 0.15) is 5.82 Å². The molecule has 0 radical (unpaired) electrons. The number of carbonyl (C=O) groups excluding carboxylic acids is 1. The molecule has 2 saturated heterocycles. The molecule has 2 aliphatic heterocycles. The van der Waals surface area contributed by atoms with Crippen LogP contribution in [0.15, 0.2) is 36.4 Å². The van der Waals surface area contributed by atoms with Crippen LogP contribution in [0.5, 0.6) is 0 Å². The van der Waals surface area contributed by atoms with E-state index < -0.39 is 0 Å². The van der Waals surface area contributed by atoms with Crippen LogP contribution in [0.25, 0.3) is 0 Å². The third-order valence-corrected chi connectivity index (χ3v) is 7.83. The van der Waals surface area contributed by atoms with Crippen molar-refractivity contribution in [1.29, 1.82) is 0 Å². The number of halogens is 5. The maximum absolute atomic E-state index is 14.2. The molecule has 1 N–H and O–H groups in total. The first-order valence-corrected chi connectivity index (χ1v) is 13.6. The Balaban J connectivity index is 0.00000241. The zero-order valence-electron chi connectivity index (χ0n) is 21.4. The van der Waals surface area contributed by atoms with Gasteiger partial charge in [-0.1, -0.05) is 48.3 Å². The SMILES string of the molecule is C[C@@H]1C[C@H](Cc2ccccc2F)CN(c2c(Cl)cc(CCCNCCN3CCCC3)cc2Cl)C1=O.Cl.Cl. The Kier molecular flexibility index (Phi) is 13.5. The number of nitrogens with one attached hydrogen (secondary N) is 1. The summed E-state index contributed by atoms with van der Waals surface area (Å²) in [6.45, 7) is 7.95. The van der Waals surface area contributed by atoms with Crippen molar-refractivity contribution >= 4 is 59.6 Å². The molecule has 0 aliphatic carbocycles. The van der Waals surface area contributed by atoms with Crippen molar-refractivity contribution in [1.82, 2.24) is 10.2 Å². The number of carbonyl (C=O) groups is 1. The highest BCUT2D eigenvalue weighted by molar-refractivity contribution is 6.40. The zero-order valence-corrected chi connectivity index (χ0v) is 24.5. The predicted octanol–water partition coefficient (Wildman–Crippen LogP) is 6.83. The Morgan fingerprint density at radius 3 is 2.41 bits per heavy atom. The lowest BCUT2D eigenvalue weighted by Gasteiger charge is -2.37. The van der Waals surface area contributed by atoms with Crippen LogP contribution in [0.1, 0.15) is 43.7 Å². The first-order chi connectivity index (χ1) is 16.9. The van der Waals surface area contributed by atoms with Gasteiger partial charge < -0.3 is 15.1 Å². The van der Waals surface area contributed by atoms with Gasteiger partial charge in [-0.15, -0.1) is 24.8 Å². The molecule has 0 unspecified atom stereocenters. The number of piperidine rings is 1. The summed E-state index contributed by atoms with van der Waals surface area (Å²) in [4.78, 5) is 17.3. The molecular weight excluding hydrogens is 555 g/mol. The summed E-state index contributed by atoms with van der Waals surface area (Å²) in [5.41, 5.74) is 2.34. The molecule has 2 atom stereocenters. The molecular formula is C28H38Cl4FN3O. The summed E-state index contributed by atoms with van der Waals surface area (Å²) in [6, 6.07) is 10.7. The molecule has 1 amide bonds. The number of hydrogen-bond donors (Lipinski definition) is 1. The fraction of sp³-hybridized carbons (Fsp3) is 0.536. The number of anilines is 1. The average molecular weight is 593 g/mol. The first-order valence-electron chi connectivity index (χ1n) is 12.9. The van der Waals surface area contributed by atoms with Gasteiger partial charge in [0.25, 0.3) is 0 Å². The Bertz CT molecular complexity index is 996. The number of likely N-dealkylation sites (tertiary alicyclic amines) is 1. The molecule has 4 rings (SSSR count). The largest absolute Gasteiger partial charge is 0.315 e. The van der Waals surface area contributed by atoms with Crippen molar-refractivity contribution in [2.45, 2.75) is 45.4 Å². The Morgan fingerprint density at radius 1 is 1.05 bits per heavy atom. The van der Waals surface area contributed by atoms with E-state index in [9.17, 15) is 9.18 Å². The van der Waals surface area contributed by atoms with Gasteiger partial charge in [0.15, 0.2) is 0 Å². The highest BCUT2D eigenvalue weighted by Crippen LogP contribution is 2.39. The zero-order chi connectivity index (χ0) is 24.8.